The van der Waals surface area contributed by atoms with Gasteiger partial charge in [-0.15, -0.1) is 11.8 Å². The minimum atomic E-state index is -0.121. The van der Waals surface area contributed by atoms with Crippen LogP contribution in [-0.4, -0.2) is 16.6 Å². The highest BCUT2D eigenvalue weighted by Gasteiger charge is 2.21. The number of nitrogens with zero attached hydrogens (tertiary/aromatic N) is 3. The van der Waals surface area contributed by atoms with Crippen molar-refractivity contribution < 1.29 is 4.79 Å². The van der Waals surface area contributed by atoms with Crippen molar-refractivity contribution in [1.29, 1.82) is 10.5 Å². The summed E-state index contributed by atoms with van der Waals surface area (Å²) in [5.41, 5.74) is 11.9. The van der Waals surface area contributed by atoms with Crippen molar-refractivity contribution in [2.75, 3.05) is 16.8 Å². The van der Waals surface area contributed by atoms with Crippen LogP contribution >= 0.6 is 11.8 Å². The topological polar surface area (TPSA) is 116 Å². The average molecular weight is 470 g/mol. The Morgan fingerprint density at radius 3 is 2.35 bits per heavy atom. The first-order chi connectivity index (χ1) is 16.2. The predicted octanol–water partition coefficient (Wildman–Crippen LogP) is 5.94. The second-order valence-electron chi connectivity index (χ2n) is 8.39. The van der Waals surface area contributed by atoms with Gasteiger partial charge in [-0.25, -0.2) is 4.98 Å². The molecule has 0 fully saturated rings. The summed E-state index contributed by atoms with van der Waals surface area (Å²) in [6.07, 6.45) is 0.239. The summed E-state index contributed by atoms with van der Waals surface area (Å²) >= 11 is 1.28. The fraction of sp³-hybridized carbons (Fsp3) is 0.259. The molecule has 1 heterocycles. The standard InChI is InChI=1S/C27H27N5OS/c1-16(2)19-6-8-20(9-7-19)25-21(14-28)26(30)32-27(22(25)15-29)34-12-11-24(33)31-23-10-5-17(3)13-18(23)4/h5-10,13,16H,11-12H2,1-4H3,(H2,30,32)(H,31,33). The molecule has 1 amide bonds. The van der Waals surface area contributed by atoms with E-state index in [0.29, 0.717) is 27.8 Å². The average Bonchev–Trinajstić information content (AvgIpc) is 2.80. The van der Waals surface area contributed by atoms with Crippen LogP contribution in [-0.2, 0) is 4.79 Å². The summed E-state index contributed by atoms with van der Waals surface area (Å²) in [6, 6.07) is 17.9. The molecule has 0 aliphatic rings. The summed E-state index contributed by atoms with van der Waals surface area (Å²) in [7, 11) is 0. The summed E-state index contributed by atoms with van der Waals surface area (Å²) in [5, 5.41) is 23.0. The molecular weight excluding hydrogens is 442 g/mol. The fourth-order valence-corrected chi connectivity index (χ4v) is 4.57. The number of nitrogens with one attached hydrogen (secondary N) is 1. The van der Waals surface area contributed by atoms with E-state index >= 15 is 0 Å². The minimum Gasteiger partial charge on any atom is -0.383 e. The van der Waals surface area contributed by atoms with Crippen molar-refractivity contribution in [2.24, 2.45) is 0 Å². The third-order valence-electron chi connectivity index (χ3n) is 5.51. The van der Waals surface area contributed by atoms with Crippen molar-refractivity contribution in [3.8, 4) is 23.3 Å². The molecule has 3 rings (SSSR count). The summed E-state index contributed by atoms with van der Waals surface area (Å²) in [4.78, 5) is 16.8. The van der Waals surface area contributed by atoms with Gasteiger partial charge in [-0.1, -0.05) is 55.8 Å². The largest absolute Gasteiger partial charge is 0.383 e. The number of hydrogen-bond acceptors (Lipinski definition) is 6. The summed E-state index contributed by atoms with van der Waals surface area (Å²) < 4.78 is 0. The maximum atomic E-state index is 12.5. The number of benzene rings is 2. The van der Waals surface area contributed by atoms with Crippen LogP contribution in [0.4, 0.5) is 11.5 Å². The number of rotatable bonds is 7. The Balaban J connectivity index is 1.83. The quantitative estimate of drug-likeness (QED) is 0.414. The van der Waals surface area contributed by atoms with Crippen LogP contribution in [0.25, 0.3) is 11.1 Å². The third-order valence-corrected chi connectivity index (χ3v) is 6.48. The van der Waals surface area contributed by atoms with Crippen molar-refractivity contribution in [3.63, 3.8) is 0 Å². The van der Waals surface area contributed by atoms with E-state index in [4.69, 9.17) is 5.73 Å². The van der Waals surface area contributed by atoms with Crippen LogP contribution in [0, 0.1) is 36.5 Å². The molecule has 34 heavy (non-hydrogen) atoms. The maximum Gasteiger partial charge on any atom is 0.225 e. The van der Waals surface area contributed by atoms with Gasteiger partial charge >= 0.3 is 0 Å². The van der Waals surface area contributed by atoms with Crippen molar-refractivity contribution in [1.82, 2.24) is 4.98 Å². The predicted molar refractivity (Wildman–Crippen MR) is 137 cm³/mol. The van der Waals surface area contributed by atoms with Gasteiger partial charge in [0.2, 0.25) is 5.91 Å². The molecule has 0 radical (unpaired) electrons. The van der Waals surface area contributed by atoms with E-state index in [0.717, 1.165) is 27.9 Å². The lowest BCUT2D eigenvalue weighted by atomic mass is 9.94. The van der Waals surface area contributed by atoms with Gasteiger partial charge < -0.3 is 11.1 Å². The molecular formula is C27H27N5OS. The molecule has 7 heteroatoms. The lowest BCUT2D eigenvalue weighted by molar-refractivity contribution is -0.115. The Hall–Kier alpha value is -3.81. The highest BCUT2D eigenvalue weighted by Crippen LogP contribution is 2.36. The summed E-state index contributed by atoms with van der Waals surface area (Å²) in [6.45, 7) is 8.16. The van der Waals surface area contributed by atoms with Gasteiger partial charge in [-0.05, 0) is 42.5 Å². The molecule has 1 aromatic heterocycles. The molecule has 6 nitrogen and oxygen atoms in total. The fourth-order valence-electron chi connectivity index (χ4n) is 3.63. The molecule has 0 saturated heterocycles. The molecule has 0 bridgehead atoms. The van der Waals surface area contributed by atoms with Gasteiger partial charge in [0.1, 0.15) is 28.5 Å². The molecule has 172 valence electrons. The Bertz CT molecular complexity index is 1300. The Kier molecular flexibility index (Phi) is 7.94. The van der Waals surface area contributed by atoms with Crippen LogP contribution in [0.1, 0.15) is 54.0 Å². The number of nitrogen functional groups attached to an aromatic ring is 1. The Morgan fingerprint density at radius 2 is 1.76 bits per heavy atom. The zero-order valence-corrected chi connectivity index (χ0v) is 20.6. The number of pyridine rings is 1. The first kappa shape index (κ1) is 24.8. The number of thioether (sulfide) groups is 1. The number of hydrogen-bond donors (Lipinski definition) is 2. The van der Waals surface area contributed by atoms with Crippen LogP contribution < -0.4 is 11.1 Å². The monoisotopic (exact) mass is 469 g/mol. The normalized spacial score (nSPS) is 10.6. The highest BCUT2D eigenvalue weighted by molar-refractivity contribution is 7.99. The molecule has 0 aliphatic heterocycles. The van der Waals surface area contributed by atoms with Gasteiger partial charge in [-0.2, -0.15) is 10.5 Å². The van der Waals surface area contributed by atoms with E-state index in [-0.39, 0.29) is 23.7 Å². The van der Waals surface area contributed by atoms with Crippen molar-refractivity contribution in [3.05, 3.63) is 70.3 Å². The van der Waals surface area contributed by atoms with Crippen LogP contribution in [0.3, 0.4) is 0 Å². The van der Waals surface area contributed by atoms with Crippen LogP contribution in [0.15, 0.2) is 47.5 Å². The van der Waals surface area contributed by atoms with E-state index < -0.39 is 0 Å². The van der Waals surface area contributed by atoms with Gasteiger partial charge in [-0.3, -0.25) is 4.79 Å². The minimum absolute atomic E-state index is 0.0756. The number of aryl methyl sites for hydroxylation is 2. The van der Waals surface area contributed by atoms with Gasteiger partial charge in [0, 0.05) is 23.4 Å². The first-order valence-corrected chi connectivity index (χ1v) is 12.0. The molecule has 0 atom stereocenters. The van der Waals surface area contributed by atoms with E-state index in [1.54, 1.807) is 0 Å². The zero-order valence-electron chi connectivity index (χ0n) is 19.8. The molecule has 0 unspecified atom stereocenters. The molecule has 0 saturated carbocycles. The highest BCUT2D eigenvalue weighted by atomic mass is 32.2. The van der Waals surface area contributed by atoms with Crippen LogP contribution in [0.2, 0.25) is 0 Å². The van der Waals surface area contributed by atoms with Gasteiger partial charge in [0.05, 0.1) is 5.56 Å². The van der Waals surface area contributed by atoms with E-state index in [9.17, 15) is 15.3 Å². The number of nitrogens with two attached hydrogens (primary N) is 1. The van der Waals surface area contributed by atoms with Gasteiger partial charge in [0.25, 0.3) is 0 Å². The van der Waals surface area contributed by atoms with Gasteiger partial charge in [0.15, 0.2) is 0 Å². The molecule has 3 N–H and O–H groups in total. The number of aromatic nitrogens is 1. The summed E-state index contributed by atoms with van der Waals surface area (Å²) in [5.74, 6) is 0.731. The number of carbonyl (C=O) groups is 1. The lowest BCUT2D eigenvalue weighted by Gasteiger charge is -2.14. The third kappa shape index (κ3) is 5.57. The molecule has 2 aromatic carbocycles. The SMILES string of the molecule is Cc1ccc(NC(=O)CCSc2nc(N)c(C#N)c(-c3ccc(C(C)C)cc3)c2C#N)c(C)c1. The Morgan fingerprint density at radius 1 is 1.09 bits per heavy atom. The number of carbonyl (C=O) groups excluding carboxylic acids is 1. The van der Waals surface area contributed by atoms with E-state index in [1.807, 2.05) is 56.3 Å². The Labute approximate surface area is 204 Å². The zero-order chi connectivity index (χ0) is 24.8. The molecule has 0 spiro atoms. The number of anilines is 2. The smallest absolute Gasteiger partial charge is 0.225 e. The van der Waals surface area contributed by atoms with E-state index in [1.165, 1.54) is 11.8 Å². The van der Waals surface area contributed by atoms with Crippen molar-refractivity contribution >= 4 is 29.2 Å². The van der Waals surface area contributed by atoms with E-state index in [2.05, 4.69) is 36.3 Å². The number of nitriles is 2. The second-order valence-corrected chi connectivity index (χ2v) is 9.48. The molecule has 0 aliphatic carbocycles. The second kappa shape index (κ2) is 10.9. The first-order valence-electron chi connectivity index (χ1n) is 11.0. The molecule has 3 aromatic rings. The van der Waals surface area contributed by atoms with Crippen LogP contribution in [0.5, 0.6) is 0 Å². The maximum absolute atomic E-state index is 12.5. The van der Waals surface area contributed by atoms with Crippen molar-refractivity contribution in [2.45, 2.75) is 45.1 Å². The number of amides is 1. The lowest BCUT2D eigenvalue weighted by Crippen LogP contribution is -2.13.